The first-order valence-corrected chi connectivity index (χ1v) is 7.54. The molecule has 112 valence electrons. The Bertz CT molecular complexity index is 430. The number of nitrogens with zero attached hydrogens (tertiary/aromatic N) is 1. The number of aliphatic hydroxyl groups is 1. The molecule has 1 atom stereocenters. The summed E-state index contributed by atoms with van der Waals surface area (Å²) in [6.45, 7) is 6.86. The predicted octanol–water partition coefficient (Wildman–Crippen LogP) is 2.70. The normalized spacial score (nSPS) is 18.3. The van der Waals surface area contributed by atoms with Crippen LogP contribution in [-0.2, 0) is 0 Å². The Morgan fingerprint density at radius 3 is 2.65 bits per heavy atom. The third-order valence-electron chi connectivity index (χ3n) is 4.20. The number of benzene rings is 1. The lowest BCUT2D eigenvalue weighted by Crippen LogP contribution is -2.35. The summed E-state index contributed by atoms with van der Waals surface area (Å²) in [6.07, 6.45) is 1.87. The van der Waals surface area contributed by atoms with E-state index in [1.165, 1.54) is 0 Å². The molecule has 0 saturated carbocycles. The number of rotatable bonds is 5. The Hall–Kier alpha value is -1.13. The second-order valence-corrected chi connectivity index (χ2v) is 5.60. The maximum absolute atomic E-state index is 14.3. The van der Waals surface area contributed by atoms with Crippen LogP contribution >= 0.6 is 0 Å². The van der Waals surface area contributed by atoms with E-state index in [0.717, 1.165) is 38.0 Å². The van der Waals surface area contributed by atoms with E-state index in [2.05, 4.69) is 10.2 Å². The Morgan fingerprint density at radius 2 is 2.10 bits per heavy atom. The quantitative estimate of drug-likeness (QED) is 0.870. The Balaban J connectivity index is 2.06. The van der Waals surface area contributed by atoms with Gasteiger partial charge in [-0.15, -0.1) is 0 Å². The summed E-state index contributed by atoms with van der Waals surface area (Å²) in [5, 5.41) is 12.4. The van der Waals surface area contributed by atoms with Crippen LogP contribution in [0, 0.1) is 11.7 Å². The molecule has 3 nitrogen and oxygen atoms in total. The van der Waals surface area contributed by atoms with Gasteiger partial charge in [0, 0.05) is 25.7 Å². The van der Waals surface area contributed by atoms with Gasteiger partial charge in [0.25, 0.3) is 0 Å². The third kappa shape index (κ3) is 3.49. The molecule has 4 heteroatoms. The van der Waals surface area contributed by atoms with E-state index in [1.54, 1.807) is 6.07 Å². The van der Waals surface area contributed by atoms with Crippen molar-refractivity contribution < 1.29 is 9.50 Å². The minimum absolute atomic E-state index is 0.144. The largest absolute Gasteiger partial charge is 0.396 e. The standard InChI is InChI=1S/C16H25FN2O/c1-3-18-12(2)14-4-5-16(15(17)10-14)19-8-6-13(11-20)7-9-19/h4-5,10,12-13,18,20H,3,6-9,11H2,1-2H3. The SMILES string of the molecule is CCNC(C)c1ccc(N2CCC(CO)CC2)c(F)c1. The highest BCUT2D eigenvalue weighted by Crippen LogP contribution is 2.27. The number of hydrogen-bond donors (Lipinski definition) is 2. The third-order valence-corrected chi connectivity index (χ3v) is 4.20. The van der Waals surface area contributed by atoms with Gasteiger partial charge in [0.1, 0.15) is 5.82 Å². The average molecular weight is 280 g/mol. The van der Waals surface area contributed by atoms with Gasteiger partial charge in [0.05, 0.1) is 5.69 Å². The smallest absolute Gasteiger partial charge is 0.146 e. The molecular formula is C16H25FN2O. The Kier molecular flexibility index (Phi) is 5.38. The maximum atomic E-state index is 14.3. The molecule has 1 aliphatic rings. The fourth-order valence-corrected chi connectivity index (χ4v) is 2.83. The minimum atomic E-state index is -0.144. The van der Waals surface area contributed by atoms with Crippen molar-refractivity contribution in [1.82, 2.24) is 5.32 Å². The molecule has 20 heavy (non-hydrogen) atoms. The van der Waals surface area contributed by atoms with Crippen molar-refractivity contribution in [2.75, 3.05) is 31.1 Å². The summed E-state index contributed by atoms with van der Waals surface area (Å²) >= 11 is 0. The van der Waals surface area contributed by atoms with Crippen LogP contribution in [0.2, 0.25) is 0 Å². The van der Waals surface area contributed by atoms with E-state index in [-0.39, 0.29) is 18.5 Å². The van der Waals surface area contributed by atoms with Crippen molar-refractivity contribution in [3.05, 3.63) is 29.6 Å². The van der Waals surface area contributed by atoms with Crippen LogP contribution in [0.25, 0.3) is 0 Å². The highest BCUT2D eigenvalue weighted by molar-refractivity contribution is 5.50. The molecule has 1 aromatic rings. The van der Waals surface area contributed by atoms with Gasteiger partial charge in [-0.3, -0.25) is 0 Å². The number of aliphatic hydroxyl groups excluding tert-OH is 1. The molecule has 2 N–H and O–H groups in total. The molecule has 1 aliphatic heterocycles. The Morgan fingerprint density at radius 1 is 1.40 bits per heavy atom. The van der Waals surface area contributed by atoms with E-state index < -0.39 is 0 Å². The van der Waals surface area contributed by atoms with Gasteiger partial charge in [0.2, 0.25) is 0 Å². The van der Waals surface area contributed by atoms with Crippen LogP contribution in [0.1, 0.15) is 38.3 Å². The van der Waals surface area contributed by atoms with Crippen molar-refractivity contribution in [3.8, 4) is 0 Å². The molecule has 0 bridgehead atoms. The highest BCUT2D eigenvalue weighted by atomic mass is 19.1. The summed E-state index contributed by atoms with van der Waals surface area (Å²) in [4.78, 5) is 2.09. The van der Waals surface area contributed by atoms with Crippen LogP contribution in [-0.4, -0.2) is 31.3 Å². The highest BCUT2D eigenvalue weighted by Gasteiger charge is 2.21. The first-order valence-electron chi connectivity index (χ1n) is 7.54. The number of nitrogens with one attached hydrogen (secondary N) is 1. The first kappa shape index (κ1) is 15.3. The van der Waals surface area contributed by atoms with E-state index in [0.29, 0.717) is 11.6 Å². The van der Waals surface area contributed by atoms with Gasteiger partial charge in [-0.05, 0) is 49.9 Å². The van der Waals surface area contributed by atoms with E-state index in [4.69, 9.17) is 5.11 Å². The van der Waals surface area contributed by atoms with Gasteiger partial charge in [-0.1, -0.05) is 13.0 Å². The van der Waals surface area contributed by atoms with Gasteiger partial charge in [-0.2, -0.15) is 0 Å². The zero-order chi connectivity index (χ0) is 14.5. The summed E-state index contributed by atoms with van der Waals surface area (Å²) in [5.74, 6) is 0.233. The van der Waals surface area contributed by atoms with Crippen molar-refractivity contribution >= 4 is 5.69 Å². The molecule has 1 saturated heterocycles. The second-order valence-electron chi connectivity index (χ2n) is 5.60. The monoisotopic (exact) mass is 280 g/mol. The first-order chi connectivity index (χ1) is 9.65. The van der Waals surface area contributed by atoms with E-state index >= 15 is 0 Å². The van der Waals surface area contributed by atoms with Crippen molar-refractivity contribution in [2.24, 2.45) is 5.92 Å². The molecule has 0 aromatic heterocycles. The fourth-order valence-electron chi connectivity index (χ4n) is 2.83. The van der Waals surface area contributed by atoms with Crippen LogP contribution < -0.4 is 10.2 Å². The molecule has 1 unspecified atom stereocenters. The zero-order valence-electron chi connectivity index (χ0n) is 12.4. The minimum Gasteiger partial charge on any atom is -0.396 e. The van der Waals surface area contributed by atoms with Gasteiger partial charge >= 0.3 is 0 Å². The molecule has 2 rings (SSSR count). The summed E-state index contributed by atoms with van der Waals surface area (Å²) in [7, 11) is 0. The molecule has 0 amide bonds. The molecule has 1 fully saturated rings. The number of piperidine rings is 1. The van der Waals surface area contributed by atoms with Crippen molar-refractivity contribution in [3.63, 3.8) is 0 Å². The van der Waals surface area contributed by atoms with Gasteiger partial charge in [0.15, 0.2) is 0 Å². The van der Waals surface area contributed by atoms with Crippen LogP contribution in [0.3, 0.4) is 0 Å². The number of hydrogen-bond acceptors (Lipinski definition) is 3. The molecule has 0 spiro atoms. The molecule has 1 aromatic carbocycles. The maximum Gasteiger partial charge on any atom is 0.146 e. The molecule has 0 radical (unpaired) electrons. The van der Waals surface area contributed by atoms with Crippen LogP contribution in [0.4, 0.5) is 10.1 Å². The fraction of sp³-hybridized carbons (Fsp3) is 0.625. The topological polar surface area (TPSA) is 35.5 Å². The van der Waals surface area contributed by atoms with Crippen LogP contribution in [0.5, 0.6) is 0 Å². The zero-order valence-corrected chi connectivity index (χ0v) is 12.4. The summed E-state index contributed by atoms with van der Waals surface area (Å²) < 4.78 is 14.3. The van der Waals surface area contributed by atoms with Crippen LogP contribution in [0.15, 0.2) is 18.2 Å². The van der Waals surface area contributed by atoms with E-state index in [9.17, 15) is 4.39 Å². The number of halogens is 1. The average Bonchev–Trinajstić information content (AvgIpc) is 2.47. The Labute approximate surface area is 120 Å². The van der Waals surface area contributed by atoms with E-state index in [1.807, 2.05) is 26.0 Å². The molecule has 1 heterocycles. The van der Waals surface area contributed by atoms with Crippen molar-refractivity contribution in [2.45, 2.75) is 32.7 Å². The van der Waals surface area contributed by atoms with Gasteiger partial charge in [-0.25, -0.2) is 4.39 Å². The predicted molar refractivity (Wildman–Crippen MR) is 80.5 cm³/mol. The van der Waals surface area contributed by atoms with Gasteiger partial charge < -0.3 is 15.3 Å². The molecule has 0 aliphatic carbocycles. The molecular weight excluding hydrogens is 255 g/mol. The lowest BCUT2D eigenvalue weighted by atomic mass is 9.97. The lowest BCUT2D eigenvalue weighted by Gasteiger charge is -2.33. The van der Waals surface area contributed by atoms with Crippen molar-refractivity contribution in [1.29, 1.82) is 0 Å². The summed E-state index contributed by atoms with van der Waals surface area (Å²) in [5.41, 5.74) is 1.67. The lowest BCUT2D eigenvalue weighted by molar-refractivity contribution is 0.203. The second kappa shape index (κ2) is 7.04. The number of anilines is 1. The summed E-state index contributed by atoms with van der Waals surface area (Å²) in [6, 6.07) is 5.70.